The molecule has 0 aliphatic heterocycles. The minimum atomic E-state index is 0.518. The van der Waals surface area contributed by atoms with E-state index in [4.69, 9.17) is 10.7 Å². The predicted octanol–water partition coefficient (Wildman–Crippen LogP) is 5.03. The van der Waals surface area contributed by atoms with Crippen LogP contribution in [0.3, 0.4) is 0 Å². The third-order valence-corrected chi connectivity index (χ3v) is 5.10. The van der Waals surface area contributed by atoms with Crippen LogP contribution in [-0.4, -0.2) is 9.97 Å². The molecule has 0 radical (unpaired) electrons. The van der Waals surface area contributed by atoms with Gasteiger partial charge in [-0.25, -0.2) is 9.97 Å². The Labute approximate surface area is 152 Å². The first-order valence-electron chi connectivity index (χ1n) is 8.43. The summed E-state index contributed by atoms with van der Waals surface area (Å²) in [6.45, 7) is 2.14. The van der Waals surface area contributed by atoms with Gasteiger partial charge in [-0.2, -0.15) is 0 Å². The van der Waals surface area contributed by atoms with Crippen LogP contribution in [0.25, 0.3) is 11.3 Å². The lowest BCUT2D eigenvalue weighted by molar-refractivity contribution is 1.10. The molecule has 25 heavy (non-hydrogen) atoms. The molecule has 0 atom stereocenters. The zero-order valence-electron chi connectivity index (χ0n) is 14.1. The number of aryl methyl sites for hydroxylation is 1. The molecule has 0 unspecified atom stereocenters. The summed E-state index contributed by atoms with van der Waals surface area (Å²) in [6, 6.07) is 18.3. The van der Waals surface area contributed by atoms with Gasteiger partial charge in [0.25, 0.3) is 0 Å². The van der Waals surface area contributed by atoms with Crippen molar-refractivity contribution in [1.29, 1.82) is 0 Å². The number of rotatable bonds is 5. The van der Waals surface area contributed by atoms with E-state index >= 15 is 0 Å². The van der Waals surface area contributed by atoms with Crippen molar-refractivity contribution in [3.63, 3.8) is 0 Å². The summed E-state index contributed by atoms with van der Waals surface area (Å²) in [6.07, 6.45) is 2.52. The summed E-state index contributed by atoms with van der Waals surface area (Å²) in [4.78, 5) is 9.20. The Balaban J connectivity index is 1.64. The zero-order valence-corrected chi connectivity index (χ0v) is 14.9. The average Bonchev–Trinajstić information content (AvgIpc) is 3.45. The van der Waals surface area contributed by atoms with Crippen LogP contribution in [0.2, 0.25) is 0 Å². The van der Waals surface area contributed by atoms with E-state index in [2.05, 4.69) is 53.0 Å². The number of nitrogen functional groups attached to an aromatic ring is 1. The third kappa shape index (κ3) is 3.61. The van der Waals surface area contributed by atoms with E-state index in [1.165, 1.54) is 41.5 Å². The van der Waals surface area contributed by atoms with Crippen molar-refractivity contribution in [2.75, 3.05) is 10.5 Å². The first-order valence-corrected chi connectivity index (χ1v) is 9.25. The SMILES string of the molecule is Cc1ccccc1-c1nc(NSc2cccc(N)n2)ccc1C1CC1. The molecule has 0 spiro atoms. The lowest BCUT2D eigenvalue weighted by atomic mass is 9.99. The topological polar surface area (TPSA) is 63.8 Å². The van der Waals surface area contributed by atoms with E-state index in [0.29, 0.717) is 11.7 Å². The van der Waals surface area contributed by atoms with E-state index in [1.807, 2.05) is 12.1 Å². The van der Waals surface area contributed by atoms with Crippen LogP contribution in [0.1, 0.15) is 29.9 Å². The van der Waals surface area contributed by atoms with Gasteiger partial charge in [0.15, 0.2) is 0 Å². The van der Waals surface area contributed by atoms with Gasteiger partial charge in [-0.05, 0) is 55.0 Å². The van der Waals surface area contributed by atoms with E-state index < -0.39 is 0 Å². The summed E-state index contributed by atoms with van der Waals surface area (Å²) in [5, 5.41) is 0.825. The maximum Gasteiger partial charge on any atom is 0.136 e. The highest BCUT2D eigenvalue weighted by Crippen LogP contribution is 2.44. The summed E-state index contributed by atoms with van der Waals surface area (Å²) in [7, 11) is 0. The van der Waals surface area contributed by atoms with Gasteiger partial charge in [-0.1, -0.05) is 36.4 Å². The molecule has 0 saturated heterocycles. The largest absolute Gasteiger partial charge is 0.384 e. The molecule has 1 aromatic carbocycles. The number of hydrogen-bond donors (Lipinski definition) is 2. The maximum atomic E-state index is 5.74. The number of pyridine rings is 2. The number of nitrogens with zero attached hydrogens (tertiary/aromatic N) is 2. The smallest absolute Gasteiger partial charge is 0.136 e. The molecule has 4 nitrogen and oxygen atoms in total. The lowest BCUT2D eigenvalue weighted by Gasteiger charge is -2.13. The summed E-state index contributed by atoms with van der Waals surface area (Å²) in [5.41, 5.74) is 10.6. The maximum absolute atomic E-state index is 5.74. The molecule has 0 amide bonds. The molecule has 4 rings (SSSR count). The van der Waals surface area contributed by atoms with E-state index in [-0.39, 0.29) is 0 Å². The predicted molar refractivity (Wildman–Crippen MR) is 105 cm³/mol. The number of nitrogens with two attached hydrogens (primary N) is 1. The van der Waals surface area contributed by atoms with Crippen molar-refractivity contribution < 1.29 is 0 Å². The highest BCUT2D eigenvalue weighted by atomic mass is 32.2. The van der Waals surface area contributed by atoms with Crippen molar-refractivity contribution >= 4 is 23.6 Å². The zero-order chi connectivity index (χ0) is 17.2. The van der Waals surface area contributed by atoms with Crippen molar-refractivity contribution in [3.05, 3.63) is 65.7 Å². The van der Waals surface area contributed by atoms with Crippen molar-refractivity contribution in [2.24, 2.45) is 0 Å². The molecule has 2 heterocycles. The van der Waals surface area contributed by atoms with Gasteiger partial charge in [0.2, 0.25) is 0 Å². The van der Waals surface area contributed by atoms with Gasteiger partial charge in [-0.15, -0.1) is 0 Å². The molecule has 126 valence electrons. The third-order valence-electron chi connectivity index (χ3n) is 4.35. The standard InChI is InChI=1S/C20H20N4S/c1-13-5-2-3-6-15(13)20-16(14-9-10-14)11-12-18(23-20)24-25-19-8-4-7-17(21)22-19/h2-8,11-12,14H,9-10H2,1H3,(H2,21,22)(H,23,24). The van der Waals surface area contributed by atoms with Crippen LogP contribution < -0.4 is 10.5 Å². The van der Waals surface area contributed by atoms with Crippen LogP contribution in [0.15, 0.2) is 59.6 Å². The lowest BCUT2D eigenvalue weighted by Crippen LogP contribution is -1.99. The van der Waals surface area contributed by atoms with Gasteiger partial charge < -0.3 is 10.5 Å². The van der Waals surface area contributed by atoms with E-state index in [1.54, 1.807) is 6.07 Å². The first-order chi connectivity index (χ1) is 12.2. The molecule has 1 aliphatic carbocycles. The summed E-state index contributed by atoms with van der Waals surface area (Å²) < 4.78 is 3.29. The first kappa shape index (κ1) is 16.0. The fourth-order valence-electron chi connectivity index (χ4n) is 2.90. The number of anilines is 2. The second kappa shape index (κ2) is 6.76. The Morgan fingerprint density at radius 1 is 1.00 bits per heavy atom. The monoisotopic (exact) mass is 348 g/mol. The van der Waals surface area contributed by atoms with Gasteiger partial charge in [0.05, 0.1) is 5.69 Å². The van der Waals surface area contributed by atoms with Crippen molar-refractivity contribution in [2.45, 2.75) is 30.7 Å². The molecule has 1 fully saturated rings. The summed E-state index contributed by atoms with van der Waals surface area (Å²) >= 11 is 1.42. The van der Waals surface area contributed by atoms with Gasteiger partial charge in [0, 0.05) is 17.5 Å². The van der Waals surface area contributed by atoms with Crippen LogP contribution in [-0.2, 0) is 0 Å². The Morgan fingerprint density at radius 2 is 1.84 bits per heavy atom. The molecular weight excluding hydrogens is 328 g/mol. The molecule has 1 saturated carbocycles. The highest BCUT2D eigenvalue weighted by molar-refractivity contribution is 8.00. The number of aromatic nitrogens is 2. The molecule has 0 bridgehead atoms. The Bertz CT molecular complexity index is 906. The second-order valence-corrected chi connectivity index (χ2v) is 7.15. The Morgan fingerprint density at radius 3 is 2.60 bits per heavy atom. The molecule has 1 aliphatic rings. The molecule has 3 aromatic rings. The van der Waals surface area contributed by atoms with Crippen molar-refractivity contribution in [3.8, 4) is 11.3 Å². The fraction of sp³-hybridized carbons (Fsp3) is 0.200. The minimum Gasteiger partial charge on any atom is -0.384 e. The van der Waals surface area contributed by atoms with Crippen LogP contribution in [0, 0.1) is 6.92 Å². The van der Waals surface area contributed by atoms with Crippen molar-refractivity contribution in [1.82, 2.24) is 9.97 Å². The number of benzene rings is 1. The van der Waals surface area contributed by atoms with Crippen LogP contribution in [0.5, 0.6) is 0 Å². The number of nitrogens with one attached hydrogen (secondary N) is 1. The molecule has 3 N–H and O–H groups in total. The van der Waals surface area contributed by atoms with E-state index in [9.17, 15) is 0 Å². The van der Waals surface area contributed by atoms with Crippen LogP contribution >= 0.6 is 11.9 Å². The quantitative estimate of drug-likeness (QED) is 0.633. The molecule has 5 heteroatoms. The van der Waals surface area contributed by atoms with Gasteiger partial charge >= 0.3 is 0 Å². The Kier molecular flexibility index (Phi) is 4.32. The normalized spacial score (nSPS) is 13.6. The van der Waals surface area contributed by atoms with Crippen LogP contribution in [0.4, 0.5) is 11.6 Å². The highest BCUT2D eigenvalue weighted by Gasteiger charge is 2.27. The second-order valence-electron chi connectivity index (χ2n) is 6.33. The fourth-order valence-corrected chi connectivity index (χ4v) is 3.52. The molecular formula is C20H20N4S. The minimum absolute atomic E-state index is 0.518. The van der Waals surface area contributed by atoms with Gasteiger partial charge in [0.1, 0.15) is 16.7 Å². The van der Waals surface area contributed by atoms with Gasteiger partial charge in [-0.3, -0.25) is 0 Å². The number of hydrogen-bond acceptors (Lipinski definition) is 5. The Hall–Kier alpha value is -2.53. The average molecular weight is 348 g/mol. The van der Waals surface area contributed by atoms with E-state index in [0.717, 1.165) is 16.5 Å². The molecule has 2 aromatic heterocycles. The summed E-state index contributed by atoms with van der Waals surface area (Å²) in [5.74, 6) is 2.00.